The quantitative estimate of drug-likeness (QED) is 0.347. The second-order valence-corrected chi connectivity index (χ2v) is 3.71. The van der Waals surface area contributed by atoms with Gasteiger partial charge in [-0.3, -0.25) is 4.52 Å². The largest absolute Gasteiger partial charge is 0.474 e. The number of ether oxygens (including phenoxy) is 1. The average Bonchev–Trinajstić information content (AvgIpc) is 2.01. The van der Waals surface area contributed by atoms with Gasteiger partial charge in [0.1, 0.15) is 0 Å². The maximum atomic E-state index is 10.2. The Hall–Kier alpha value is -0.200. The van der Waals surface area contributed by atoms with Crippen molar-refractivity contribution in [3.05, 3.63) is 0 Å². The molecule has 0 aliphatic heterocycles. The van der Waals surface area contributed by atoms with Gasteiger partial charge in [-0.25, -0.2) is 4.57 Å². The van der Waals surface area contributed by atoms with Crippen molar-refractivity contribution >= 4 is 25.2 Å². The molecule has 0 saturated carbocycles. The van der Waals surface area contributed by atoms with E-state index >= 15 is 0 Å². The van der Waals surface area contributed by atoms with Gasteiger partial charge in [-0.1, -0.05) is 0 Å². The van der Waals surface area contributed by atoms with Crippen LogP contribution in [0.15, 0.2) is 0 Å². The maximum Gasteiger partial charge on any atom is 0.469 e. The molecule has 0 radical (unpaired) electrons. The molecule has 0 aromatic carbocycles. The summed E-state index contributed by atoms with van der Waals surface area (Å²) in [6.07, 6.45) is 0.439. The first-order chi connectivity index (χ1) is 5.95. The Kier molecular flexibility index (Phi) is 6.19. The number of phosphoric ester groups is 1. The third kappa shape index (κ3) is 9.72. The zero-order valence-corrected chi connectivity index (χ0v) is 8.81. The number of nitrogens with one attached hydrogen (secondary N) is 1. The van der Waals surface area contributed by atoms with Crippen molar-refractivity contribution in [2.24, 2.45) is 0 Å². The molecule has 0 aliphatic carbocycles. The first-order valence-corrected chi connectivity index (χ1v) is 5.41. The maximum absolute atomic E-state index is 10.2. The standard InChI is InChI=1S/C5H12NO5PS/c1-10-5(13)6-3-2-4-11-12(7,8)9/h2-4H2,1H3,(H,6,13)(H2,7,8,9). The summed E-state index contributed by atoms with van der Waals surface area (Å²) in [5, 5.41) is 2.94. The van der Waals surface area contributed by atoms with Crippen LogP contribution in [0.1, 0.15) is 6.42 Å². The summed E-state index contributed by atoms with van der Waals surface area (Å²) >= 11 is 4.65. The molecular weight excluding hydrogens is 217 g/mol. The predicted octanol–water partition coefficient (Wildman–Crippen LogP) is 0.00670. The van der Waals surface area contributed by atoms with Gasteiger partial charge >= 0.3 is 7.82 Å². The highest BCUT2D eigenvalue weighted by molar-refractivity contribution is 7.80. The third-order valence-electron chi connectivity index (χ3n) is 1.04. The minimum Gasteiger partial charge on any atom is -0.474 e. The van der Waals surface area contributed by atoms with E-state index in [0.29, 0.717) is 13.0 Å². The molecule has 0 saturated heterocycles. The van der Waals surface area contributed by atoms with Crippen LogP contribution in [-0.2, 0) is 13.8 Å². The van der Waals surface area contributed by atoms with E-state index in [4.69, 9.17) is 9.79 Å². The highest BCUT2D eigenvalue weighted by Gasteiger charge is 2.12. The summed E-state index contributed by atoms with van der Waals surface area (Å²) in [7, 11) is -2.90. The average molecular weight is 229 g/mol. The highest BCUT2D eigenvalue weighted by atomic mass is 32.1. The number of hydrogen-bond acceptors (Lipinski definition) is 4. The van der Waals surface area contributed by atoms with Gasteiger partial charge in [0.2, 0.25) is 0 Å². The van der Waals surface area contributed by atoms with Crippen molar-refractivity contribution in [2.45, 2.75) is 6.42 Å². The fourth-order valence-corrected chi connectivity index (χ4v) is 0.987. The molecule has 0 heterocycles. The van der Waals surface area contributed by atoms with Crippen molar-refractivity contribution in [1.29, 1.82) is 0 Å². The van der Waals surface area contributed by atoms with Gasteiger partial charge in [0.25, 0.3) is 5.17 Å². The molecule has 0 unspecified atom stereocenters. The zero-order chi connectivity index (χ0) is 10.3. The Labute approximate surface area is 81.5 Å². The molecule has 6 nitrogen and oxygen atoms in total. The van der Waals surface area contributed by atoms with E-state index in [2.05, 4.69) is 26.8 Å². The molecule has 0 amide bonds. The Balaban J connectivity index is 3.27. The lowest BCUT2D eigenvalue weighted by Crippen LogP contribution is -2.24. The monoisotopic (exact) mass is 229 g/mol. The smallest absolute Gasteiger partial charge is 0.469 e. The summed E-state index contributed by atoms with van der Waals surface area (Å²) < 4.78 is 19.0. The minimum atomic E-state index is -4.33. The topological polar surface area (TPSA) is 88.0 Å². The summed E-state index contributed by atoms with van der Waals surface area (Å²) in [4.78, 5) is 16.6. The molecule has 0 aromatic rings. The van der Waals surface area contributed by atoms with Crippen molar-refractivity contribution in [3.63, 3.8) is 0 Å². The van der Waals surface area contributed by atoms with Crippen LogP contribution >= 0.6 is 20.0 Å². The molecule has 78 valence electrons. The summed E-state index contributed by atoms with van der Waals surface area (Å²) in [5.41, 5.74) is 0. The van der Waals surface area contributed by atoms with Gasteiger partial charge in [-0.15, -0.1) is 0 Å². The Morgan fingerprint density at radius 3 is 2.69 bits per heavy atom. The van der Waals surface area contributed by atoms with Gasteiger partial charge < -0.3 is 19.8 Å². The second-order valence-electron chi connectivity index (χ2n) is 2.10. The van der Waals surface area contributed by atoms with E-state index < -0.39 is 7.82 Å². The number of methoxy groups -OCH3 is 1. The summed E-state index contributed by atoms with van der Waals surface area (Å²) in [5.74, 6) is 0. The van der Waals surface area contributed by atoms with Crippen molar-refractivity contribution in [2.75, 3.05) is 20.3 Å². The fraction of sp³-hybridized carbons (Fsp3) is 0.800. The number of rotatable bonds is 5. The Morgan fingerprint density at radius 1 is 1.62 bits per heavy atom. The number of thiocarbonyl (C=S) groups is 1. The molecule has 0 fully saturated rings. The van der Waals surface area contributed by atoms with Crippen molar-refractivity contribution < 1.29 is 23.6 Å². The first kappa shape index (κ1) is 12.8. The molecule has 0 rings (SSSR count). The fourth-order valence-electron chi connectivity index (χ4n) is 0.518. The third-order valence-corrected chi connectivity index (χ3v) is 1.87. The molecule has 3 N–H and O–H groups in total. The predicted molar refractivity (Wildman–Crippen MR) is 50.2 cm³/mol. The number of phosphoric acid groups is 1. The molecule has 13 heavy (non-hydrogen) atoms. The van der Waals surface area contributed by atoms with Crippen LogP contribution in [0.2, 0.25) is 0 Å². The van der Waals surface area contributed by atoms with Crippen LogP contribution in [0.4, 0.5) is 0 Å². The second kappa shape index (κ2) is 6.28. The number of hydrogen-bond donors (Lipinski definition) is 3. The van der Waals surface area contributed by atoms with E-state index in [-0.39, 0.29) is 11.8 Å². The van der Waals surface area contributed by atoms with E-state index in [9.17, 15) is 4.57 Å². The van der Waals surface area contributed by atoms with Gasteiger partial charge in [-0.05, 0) is 18.6 Å². The summed E-state index contributed by atoms with van der Waals surface area (Å²) in [6.45, 7) is 0.427. The Bertz CT molecular complexity index is 205. The van der Waals surface area contributed by atoms with Gasteiger partial charge in [-0.2, -0.15) is 0 Å². The zero-order valence-electron chi connectivity index (χ0n) is 7.10. The van der Waals surface area contributed by atoms with E-state index in [1.807, 2.05) is 0 Å². The minimum absolute atomic E-state index is 0.0242. The highest BCUT2D eigenvalue weighted by Crippen LogP contribution is 2.35. The van der Waals surface area contributed by atoms with Crippen LogP contribution in [0.5, 0.6) is 0 Å². The van der Waals surface area contributed by atoms with Crippen LogP contribution in [0, 0.1) is 0 Å². The van der Waals surface area contributed by atoms with E-state index in [1.54, 1.807) is 0 Å². The van der Waals surface area contributed by atoms with Gasteiger partial charge in [0.15, 0.2) is 0 Å². The Morgan fingerprint density at radius 2 is 2.23 bits per heavy atom. The lowest BCUT2D eigenvalue weighted by atomic mass is 10.5. The summed E-state index contributed by atoms with van der Waals surface area (Å²) in [6, 6.07) is 0. The van der Waals surface area contributed by atoms with Crippen LogP contribution in [0.25, 0.3) is 0 Å². The SMILES string of the molecule is COC(=S)NCCCOP(=O)(O)O. The van der Waals surface area contributed by atoms with E-state index in [1.165, 1.54) is 7.11 Å². The molecule has 0 atom stereocenters. The molecule has 0 bridgehead atoms. The van der Waals surface area contributed by atoms with Crippen LogP contribution < -0.4 is 5.32 Å². The van der Waals surface area contributed by atoms with E-state index in [0.717, 1.165) is 0 Å². The first-order valence-electron chi connectivity index (χ1n) is 3.47. The lowest BCUT2D eigenvalue weighted by molar-refractivity contribution is 0.195. The van der Waals surface area contributed by atoms with Gasteiger partial charge in [0, 0.05) is 6.54 Å². The molecule has 8 heteroatoms. The van der Waals surface area contributed by atoms with Crippen molar-refractivity contribution in [1.82, 2.24) is 5.32 Å². The van der Waals surface area contributed by atoms with Crippen molar-refractivity contribution in [3.8, 4) is 0 Å². The van der Waals surface area contributed by atoms with Gasteiger partial charge in [0.05, 0.1) is 13.7 Å². The van der Waals surface area contributed by atoms with Crippen LogP contribution in [0.3, 0.4) is 0 Å². The molecule has 0 aliphatic rings. The van der Waals surface area contributed by atoms with Crippen LogP contribution in [-0.4, -0.2) is 35.2 Å². The lowest BCUT2D eigenvalue weighted by Gasteiger charge is -2.06. The molecular formula is C5H12NO5PS. The molecule has 0 spiro atoms. The molecule has 0 aromatic heterocycles. The normalized spacial score (nSPS) is 11.0.